The third-order valence-electron chi connectivity index (χ3n) is 2.51. The van der Waals surface area contributed by atoms with Gasteiger partial charge >= 0.3 is 17.9 Å². The molecule has 0 saturated carbocycles. The number of rotatable bonds is 5. The van der Waals surface area contributed by atoms with E-state index in [1.807, 2.05) is 0 Å². The van der Waals surface area contributed by atoms with Gasteiger partial charge in [0.15, 0.2) is 18.4 Å². The standard InChI is InChI=1S/C11H15N3O7/c1-5(15)18-4-8-9(19-6(2)16)10(20-7(3)17)11(21-8)13-14-12/h8-11H,4H2,1-3H3/t8-,9+,10-,11-/m1/s1. The zero-order valence-electron chi connectivity index (χ0n) is 11.7. The fourth-order valence-corrected chi connectivity index (χ4v) is 1.84. The molecule has 1 aliphatic heterocycles. The number of azide groups is 1. The molecular weight excluding hydrogens is 286 g/mol. The van der Waals surface area contributed by atoms with Gasteiger partial charge < -0.3 is 18.9 Å². The first-order valence-corrected chi connectivity index (χ1v) is 6.02. The number of ether oxygens (including phenoxy) is 4. The topological polar surface area (TPSA) is 137 Å². The maximum atomic E-state index is 11.1. The monoisotopic (exact) mass is 301 g/mol. The molecule has 0 aliphatic carbocycles. The van der Waals surface area contributed by atoms with Crippen LogP contribution in [0.2, 0.25) is 0 Å². The van der Waals surface area contributed by atoms with Crippen LogP contribution in [0.15, 0.2) is 5.11 Å². The lowest BCUT2D eigenvalue weighted by molar-refractivity contribution is -0.165. The van der Waals surface area contributed by atoms with Crippen molar-refractivity contribution >= 4 is 17.9 Å². The molecule has 21 heavy (non-hydrogen) atoms. The largest absolute Gasteiger partial charge is 0.463 e. The second-order valence-corrected chi connectivity index (χ2v) is 4.22. The van der Waals surface area contributed by atoms with Crippen LogP contribution in [0, 0.1) is 0 Å². The molecule has 1 saturated heterocycles. The third kappa shape index (κ3) is 4.93. The zero-order valence-corrected chi connectivity index (χ0v) is 11.7. The van der Waals surface area contributed by atoms with Crippen molar-refractivity contribution in [2.24, 2.45) is 5.11 Å². The Hall–Kier alpha value is -2.32. The van der Waals surface area contributed by atoms with Gasteiger partial charge in [-0.3, -0.25) is 14.4 Å². The molecule has 0 spiro atoms. The van der Waals surface area contributed by atoms with Crippen LogP contribution >= 0.6 is 0 Å². The summed E-state index contributed by atoms with van der Waals surface area (Å²) in [5.41, 5.74) is 8.50. The maximum Gasteiger partial charge on any atom is 0.303 e. The predicted molar refractivity (Wildman–Crippen MR) is 65.5 cm³/mol. The average Bonchev–Trinajstić information content (AvgIpc) is 2.65. The van der Waals surface area contributed by atoms with Gasteiger partial charge in [0, 0.05) is 25.7 Å². The summed E-state index contributed by atoms with van der Waals surface area (Å²) in [6.07, 6.45) is -4.23. The van der Waals surface area contributed by atoms with Gasteiger partial charge in [-0.05, 0) is 5.53 Å². The number of hydrogen-bond acceptors (Lipinski definition) is 8. The van der Waals surface area contributed by atoms with E-state index in [0.717, 1.165) is 13.8 Å². The number of carbonyl (C=O) groups excluding carboxylic acids is 3. The zero-order chi connectivity index (χ0) is 16.0. The van der Waals surface area contributed by atoms with Gasteiger partial charge in [-0.2, -0.15) is 0 Å². The molecule has 0 unspecified atom stereocenters. The van der Waals surface area contributed by atoms with E-state index < -0.39 is 42.4 Å². The Morgan fingerprint density at radius 1 is 1.10 bits per heavy atom. The molecule has 0 aromatic heterocycles. The minimum absolute atomic E-state index is 0.234. The summed E-state index contributed by atoms with van der Waals surface area (Å²) in [5, 5.41) is 3.34. The molecule has 1 rings (SSSR count). The molecule has 0 amide bonds. The van der Waals surface area contributed by atoms with Gasteiger partial charge in [0.05, 0.1) is 0 Å². The van der Waals surface area contributed by atoms with Crippen LogP contribution in [0.5, 0.6) is 0 Å². The number of carbonyl (C=O) groups is 3. The van der Waals surface area contributed by atoms with Gasteiger partial charge in [-0.1, -0.05) is 5.11 Å². The van der Waals surface area contributed by atoms with Gasteiger partial charge in [-0.25, -0.2) is 0 Å². The molecule has 10 heteroatoms. The van der Waals surface area contributed by atoms with Crippen LogP contribution < -0.4 is 0 Å². The first kappa shape index (κ1) is 16.7. The molecule has 1 fully saturated rings. The van der Waals surface area contributed by atoms with Crippen molar-refractivity contribution in [2.45, 2.75) is 45.3 Å². The van der Waals surface area contributed by atoms with Crippen LogP contribution in [0.4, 0.5) is 0 Å². The first-order valence-electron chi connectivity index (χ1n) is 6.02. The van der Waals surface area contributed by atoms with E-state index in [9.17, 15) is 14.4 Å². The number of hydrogen-bond donors (Lipinski definition) is 0. The Bertz CT molecular complexity index is 474. The van der Waals surface area contributed by atoms with Crippen LogP contribution in [-0.4, -0.2) is 49.1 Å². The van der Waals surface area contributed by atoms with Crippen molar-refractivity contribution < 1.29 is 33.3 Å². The summed E-state index contributed by atoms with van der Waals surface area (Å²) in [6.45, 7) is 3.28. The molecule has 0 aromatic carbocycles. The Kier molecular flexibility index (Phi) is 5.94. The lowest BCUT2D eigenvalue weighted by Gasteiger charge is -2.22. The Balaban J connectivity index is 2.95. The fraction of sp³-hybridized carbons (Fsp3) is 0.727. The van der Waals surface area contributed by atoms with Crippen molar-refractivity contribution in [3.05, 3.63) is 10.4 Å². The Morgan fingerprint density at radius 3 is 2.14 bits per heavy atom. The second-order valence-electron chi connectivity index (χ2n) is 4.22. The SMILES string of the molecule is CC(=O)OC[C@H]1O[C@@H](N=[N+]=[N-])[C@H](OC(C)=O)[C@H]1OC(C)=O. The van der Waals surface area contributed by atoms with Crippen molar-refractivity contribution in [2.75, 3.05) is 6.61 Å². The Morgan fingerprint density at radius 2 is 1.67 bits per heavy atom. The lowest BCUT2D eigenvalue weighted by atomic mass is 10.1. The maximum absolute atomic E-state index is 11.1. The van der Waals surface area contributed by atoms with Gasteiger partial charge in [0.2, 0.25) is 0 Å². The van der Waals surface area contributed by atoms with Crippen molar-refractivity contribution in [3.63, 3.8) is 0 Å². The summed E-state index contributed by atoms with van der Waals surface area (Å²) < 4.78 is 20.1. The summed E-state index contributed by atoms with van der Waals surface area (Å²) in [7, 11) is 0. The highest BCUT2D eigenvalue weighted by molar-refractivity contribution is 5.68. The summed E-state index contributed by atoms with van der Waals surface area (Å²) >= 11 is 0. The van der Waals surface area contributed by atoms with Crippen molar-refractivity contribution in [3.8, 4) is 0 Å². The quantitative estimate of drug-likeness (QED) is 0.236. The van der Waals surface area contributed by atoms with E-state index in [4.69, 9.17) is 24.5 Å². The third-order valence-corrected chi connectivity index (χ3v) is 2.51. The fourth-order valence-electron chi connectivity index (χ4n) is 1.84. The number of nitrogens with zero attached hydrogens (tertiary/aromatic N) is 3. The van der Waals surface area contributed by atoms with E-state index in [1.165, 1.54) is 6.92 Å². The highest BCUT2D eigenvalue weighted by Crippen LogP contribution is 2.28. The normalized spacial score (nSPS) is 27.4. The van der Waals surface area contributed by atoms with Gasteiger partial charge in [0.25, 0.3) is 0 Å². The van der Waals surface area contributed by atoms with Gasteiger partial charge in [-0.15, -0.1) is 0 Å². The second kappa shape index (κ2) is 7.46. The molecule has 116 valence electrons. The minimum Gasteiger partial charge on any atom is -0.463 e. The van der Waals surface area contributed by atoms with Crippen molar-refractivity contribution in [1.82, 2.24) is 0 Å². The molecule has 0 radical (unpaired) electrons. The smallest absolute Gasteiger partial charge is 0.303 e. The molecule has 1 aliphatic rings. The van der Waals surface area contributed by atoms with Crippen LogP contribution in [-0.2, 0) is 33.3 Å². The van der Waals surface area contributed by atoms with Crippen LogP contribution in [0.25, 0.3) is 10.4 Å². The molecule has 4 atom stereocenters. The molecule has 0 bridgehead atoms. The van der Waals surface area contributed by atoms with E-state index in [2.05, 4.69) is 10.0 Å². The first-order chi connectivity index (χ1) is 9.85. The van der Waals surface area contributed by atoms with Crippen molar-refractivity contribution in [1.29, 1.82) is 0 Å². The Labute approximate surface area is 119 Å². The predicted octanol–water partition coefficient (Wildman–Crippen LogP) is 0.448. The molecule has 1 heterocycles. The molecule has 10 nitrogen and oxygen atoms in total. The molecule has 0 aromatic rings. The van der Waals surface area contributed by atoms with Crippen LogP contribution in [0.1, 0.15) is 20.8 Å². The highest BCUT2D eigenvalue weighted by Gasteiger charge is 2.49. The summed E-state index contributed by atoms with van der Waals surface area (Å²) in [4.78, 5) is 35.7. The summed E-state index contributed by atoms with van der Waals surface area (Å²) in [6, 6.07) is 0. The van der Waals surface area contributed by atoms with E-state index in [0.29, 0.717) is 0 Å². The lowest BCUT2D eigenvalue weighted by Crippen LogP contribution is -2.40. The molecule has 0 N–H and O–H groups in total. The average molecular weight is 301 g/mol. The van der Waals surface area contributed by atoms with Crippen LogP contribution in [0.3, 0.4) is 0 Å². The van der Waals surface area contributed by atoms with E-state index in [-0.39, 0.29) is 6.61 Å². The summed E-state index contributed by atoms with van der Waals surface area (Å²) in [5.74, 6) is -1.86. The minimum atomic E-state index is -1.18. The van der Waals surface area contributed by atoms with E-state index in [1.54, 1.807) is 0 Å². The van der Waals surface area contributed by atoms with Gasteiger partial charge in [0.1, 0.15) is 12.7 Å². The highest BCUT2D eigenvalue weighted by atomic mass is 16.7. The number of esters is 3. The molecular formula is C11H15N3O7. The van der Waals surface area contributed by atoms with E-state index >= 15 is 0 Å².